The van der Waals surface area contributed by atoms with Crippen molar-refractivity contribution in [2.24, 2.45) is 11.1 Å². The molecule has 0 fully saturated rings. The number of nitrogens with two attached hydrogens (primary N) is 1. The predicted octanol–water partition coefficient (Wildman–Crippen LogP) is 0.929. The minimum absolute atomic E-state index is 0.0162. The van der Waals surface area contributed by atoms with E-state index in [1.807, 2.05) is 0 Å². The Bertz CT molecular complexity index is 408. The second-order valence-corrected chi connectivity index (χ2v) is 8.14. The predicted molar refractivity (Wildman–Crippen MR) is 86.4 cm³/mol. The maximum atomic E-state index is 11.7. The van der Waals surface area contributed by atoms with Gasteiger partial charge in [-0.2, -0.15) is 0 Å². The van der Waals surface area contributed by atoms with E-state index in [0.717, 1.165) is 12.8 Å². The zero-order valence-electron chi connectivity index (χ0n) is 13.8. The summed E-state index contributed by atoms with van der Waals surface area (Å²) in [6.07, 6.45) is 4.02. The van der Waals surface area contributed by atoms with Crippen LogP contribution in [0.4, 0.5) is 0 Å². The van der Waals surface area contributed by atoms with Gasteiger partial charge in [0.15, 0.2) is 0 Å². The van der Waals surface area contributed by atoms with Crippen LogP contribution in [0.25, 0.3) is 0 Å². The summed E-state index contributed by atoms with van der Waals surface area (Å²) in [7, 11) is -3.14. The van der Waals surface area contributed by atoms with E-state index in [0.29, 0.717) is 39.0 Å². The second kappa shape index (κ2) is 9.38. The van der Waals surface area contributed by atoms with E-state index in [2.05, 4.69) is 19.2 Å². The van der Waals surface area contributed by atoms with Crippen molar-refractivity contribution in [1.29, 1.82) is 0 Å². The van der Waals surface area contributed by atoms with Crippen LogP contribution in [0.1, 0.15) is 46.5 Å². The molecule has 6 nitrogen and oxygen atoms in total. The Hall–Kier alpha value is -0.660. The zero-order chi connectivity index (χ0) is 16.5. The standard InChI is InChI=1S/C14H31N3O3S/c1-5-17(21(4,19)20)12-6-11-16-13(18)7-8-14(2,3)9-10-15/h5-12,15H2,1-4H3,(H,16,18). The van der Waals surface area contributed by atoms with E-state index in [9.17, 15) is 13.2 Å². The lowest BCUT2D eigenvalue weighted by Gasteiger charge is -2.23. The van der Waals surface area contributed by atoms with Crippen molar-refractivity contribution < 1.29 is 13.2 Å². The molecule has 3 N–H and O–H groups in total. The number of hydrogen-bond donors (Lipinski definition) is 2. The molecule has 0 radical (unpaired) electrons. The molecule has 0 heterocycles. The molecule has 0 unspecified atom stereocenters. The smallest absolute Gasteiger partial charge is 0.220 e. The van der Waals surface area contributed by atoms with Gasteiger partial charge in [0, 0.05) is 26.1 Å². The van der Waals surface area contributed by atoms with Gasteiger partial charge in [0.25, 0.3) is 0 Å². The number of hydrogen-bond acceptors (Lipinski definition) is 4. The van der Waals surface area contributed by atoms with Gasteiger partial charge in [-0.1, -0.05) is 20.8 Å². The summed E-state index contributed by atoms with van der Waals surface area (Å²) in [4.78, 5) is 11.7. The van der Waals surface area contributed by atoms with Gasteiger partial charge in [-0.05, 0) is 31.2 Å². The van der Waals surface area contributed by atoms with Crippen LogP contribution in [0.15, 0.2) is 0 Å². The molecule has 0 spiro atoms. The average molecular weight is 321 g/mol. The molecule has 0 aliphatic rings. The van der Waals surface area contributed by atoms with Crippen LogP contribution in [0, 0.1) is 5.41 Å². The highest BCUT2D eigenvalue weighted by molar-refractivity contribution is 7.88. The fraction of sp³-hybridized carbons (Fsp3) is 0.929. The molecule has 0 atom stereocenters. The zero-order valence-corrected chi connectivity index (χ0v) is 14.6. The first kappa shape index (κ1) is 20.3. The fourth-order valence-corrected chi connectivity index (χ4v) is 3.03. The summed E-state index contributed by atoms with van der Waals surface area (Å²) in [6, 6.07) is 0. The van der Waals surface area contributed by atoms with Crippen molar-refractivity contribution in [3.63, 3.8) is 0 Å². The molecule has 0 bridgehead atoms. The first-order valence-electron chi connectivity index (χ1n) is 7.54. The molecular weight excluding hydrogens is 290 g/mol. The van der Waals surface area contributed by atoms with E-state index in [-0.39, 0.29) is 11.3 Å². The van der Waals surface area contributed by atoms with Gasteiger partial charge in [-0.3, -0.25) is 4.79 Å². The maximum absolute atomic E-state index is 11.7. The largest absolute Gasteiger partial charge is 0.356 e. The monoisotopic (exact) mass is 321 g/mol. The first-order valence-corrected chi connectivity index (χ1v) is 9.39. The van der Waals surface area contributed by atoms with Crippen molar-refractivity contribution in [1.82, 2.24) is 9.62 Å². The third-order valence-corrected chi connectivity index (χ3v) is 4.96. The van der Waals surface area contributed by atoms with Crippen molar-refractivity contribution in [3.8, 4) is 0 Å². The fourth-order valence-electron chi connectivity index (χ4n) is 2.10. The lowest BCUT2D eigenvalue weighted by atomic mass is 9.84. The number of amides is 1. The summed E-state index contributed by atoms with van der Waals surface area (Å²) in [5.74, 6) is 0.0162. The Kier molecular flexibility index (Phi) is 9.08. The topological polar surface area (TPSA) is 92.5 Å². The van der Waals surface area contributed by atoms with E-state index in [4.69, 9.17) is 5.73 Å². The molecule has 0 rings (SSSR count). The van der Waals surface area contributed by atoms with Gasteiger partial charge in [0.2, 0.25) is 15.9 Å². The molecule has 0 aromatic heterocycles. The molecule has 0 aliphatic carbocycles. The third kappa shape index (κ3) is 9.82. The Morgan fingerprint density at radius 2 is 1.90 bits per heavy atom. The Morgan fingerprint density at radius 3 is 2.38 bits per heavy atom. The molecule has 0 aromatic carbocycles. The van der Waals surface area contributed by atoms with Gasteiger partial charge in [-0.25, -0.2) is 12.7 Å². The number of nitrogens with one attached hydrogen (secondary N) is 1. The van der Waals surface area contributed by atoms with Crippen LogP contribution in [0.3, 0.4) is 0 Å². The second-order valence-electron chi connectivity index (χ2n) is 6.16. The maximum Gasteiger partial charge on any atom is 0.220 e. The van der Waals surface area contributed by atoms with Crippen molar-refractivity contribution in [3.05, 3.63) is 0 Å². The van der Waals surface area contributed by atoms with E-state index in [1.54, 1.807) is 6.92 Å². The highest BCUT2D eigenvalue weighted by atomic mass is 32.2. The summed E-state index contributed by atoms with van der Waals surface area (Å²) >= 11 is 0. The minimum atomic E-state index is -3.14. The van der Waals surface area contributed by atoms with Crippen molar-refractivity contribution in [2.75, 3.05) is 32.4 Å². The van der Waals surface area contributed by atoms with E-state index < -0.39 is 10.0 Å². The highest BCUT2D eigenvalue weighted by Crippen LogP contribution is 2.25. The van der Waals surface area contributed by atoms with Crippen molar-refractivity contribution >= 4 is 15.9 Å². The number of rotatable bonds is 11. The molecule has 0 saturated heterocycles. The van der Waals surface area contributed by atoms with Crippen LogP contribution in [0.2, 0.25) is 0 Å². The normalized spacial score (nSPS) is 12.7. The van der Waals surface area contributed by atoms with E-state index in [1.165, 1.54) is 10.6 Å². The number of carbonyl (C=O) groups excluding carboxylic acids is 1. The lowest BCUT2D eigenvalue weighted by molar-refractivity contribution is -0.121. The Balaban J connectivity index is 3.90. The molecule has 0 aromatic rings. The Morgan fingerprint density at radius 1 is 1.29 bits per heavy atom. The summed E-state index contributed by atoms with van der Waals surface area (Å²) in [5, 5.41) is 2.84. The third-order valence-electron chi connectivity index (χ3n) is 3.58. The number of sulfonamides is 1. The van der Waals surface area contributed by atoms with Gasteiger partial charge in [0.1, 0.15) is 0 Å². The van der Waals surface area contributed by atoms with Gasteiger partial charge >= 0.3 is 0 Å². The van der Waals surface area contributed by atoms with Crippen LogP contribution in [-0.4, -0.2) is 51.1 Å². The lowest BCUT2D eigenvalue weighted by Crippen LogP contribution is -2.33. The first-order chi connectivity index (χ1) is 9.62. The van der Waals surface area contributed by atoms with Crippen LogP contribution in [0.5, 0.6) is 0 Å². The molecule has 1 amide bonds. The molecule has 0 saturated carbocycles. The molecule has 126 valence electrons. The van der Waals surface area contributed by atoms with Gasteiger partial charge in [-0.15, -0.1) is 0 Å². The highest BCUT2D eigenvalue weighted by Gasteiger charge is 2.18. The summed E-state index contributed by atoms with van der Waals surface area (Å²) in [6.45, 7) is 8.05. The van der Waals surface area contributed by atoms with Gasteiger partial charge < -0.3 is 11.1 Å². The number of nitrogens with zero attached hydrogens (tertiary/aromatic N) is 1. The summed E-state index contributed by atoms with van der Waals surface area (Å²) < 4.78 is 24.2. The van der Waals surface area contributed by atoms with Crippen LogP contribution in [-0.2, 0) is 14.8 Å². The average Bonchev–Trinajstić information content (AvgIpc) is 2.35. The minimum Gasteiger partial charge on any atom is -0.356 e. The quantitative estimate of drug-likeness (QED) is 0.554. The summed E-state index contributed by atoms with van der Waals surface area (Å²) in [5.41, 5.74) is 5.63. The van der Waals surface area contributed by atoms with Crippen LogP contribution < -0.4 is 11.1 Å². The van der Waals surface area contributed by atoms with E-state index >= 15 is 0 Å². The van der Waals surface area contributed by atoms with Crippen molar-refractivity contribution in [2.45, 2.75) is 46.5 Å². The molecule has 0 aliphatic heterocycles. The van der Waals surface area contributed by atoms with Gasteiger partial charge in [0.05, 0.1) is 6.26 Å². The van der Waals surface area contributed by atoms with Crippen LogP contribution >= 0.6 is 0 Å². The SMILES string of the molecule is CCN(CCCNC(=O)CCC(C)(C)CCN)S(C)(=O)=O. The Labute approximate surface area is 129 Å². The molecule has 7 heteroatoms. The number of carbonyl (C=O) groups is 1. The molecule has 21 heavy (non-hydrogen) atoms. The molecular formula is C14H31N3O3S.